The van der Waals surface area contributed by atoms with Gasteiger partial charge in [0.05, 0.1) is 28.4 Å². The van der Waals surface area contributed by atoms with Gasteiger partial charge in [-0.2, -0.15) is 0 Å². The molecule has 2 aliphatic heterocycles. The monoisotopic (exact) mass is 405 g/mol. The number of anilines is 6. The van der Waals surface area contributed by atoms with Crippen LogP contribution >= 0.6 is 0 Å². The van der Waals surface area contributed by atoms with Gasteiger partial charge in [0.25, 0.3) is 0 Å². The van der Waals surface area contributed by atoms with Crippen LogP contribution in [0.15, 0.2) is 78.9 Å². The molecule has 2 heterocycles. The third-order valence-electron chi connectivity index (χ3n) is 6.74. The lowest BCUT2D eigenvalue weighted by molar-refractivity contribution is 0.590. The van der Waals surface area contributed by atoms with E-state index in [0.29, 0.717) is 0 Å². The van der Waals surface area contributed by atoms with Gasteiger partial charge < -0.3 is 14.7 Å². The Bertz CT molecular complexity index is 1310. The highest BCUT2D eigenvalue weighted by molar-refractivity contribution is 6.06. The average molecular weight is 406 g/mol. The van der Waals surface area contributed by atoms with Crippen molar-refractivity contribution in [3.8, 4) is 0 Å². The summed E-state index contributed by atoms with van der Waals surface area (Å²) in [6.07, 6.45) is 0. The maximum atomic E-state index is 2.48. The Kier molecular flexibility index (Phi) is 3.71. The van der Waals surface area contributed by atoms with Gasteiger partial charge in [0.1, 0.15) is 6.67 Å². The molecule has 4 aromatic rings. The summed E-state index contributed by atoms with van der Waals surface area (Å²) in [6, 6.07) is 29.0. The van der Waals surface area contributed by atoms with Crippen LogP contribution in [-0.2, 0) is 5.41 Å². The standard InChI is InChI=1S/C28H27N3/c1-28(2,3)21-12-14-22(15-13-21)30-18-31-26-17-20-9-6-5-8-19(20)16-25(26)29(4)23-10-7-11-24(30)27(23)31/h5-17H,18H2,1-4H3. The number of fused-ring (bicyclic) bond motifs is 3. The van der Waals surface area contributed by atoms with Crippen molar-refractivity contribution in [2.24, 2.45) is 0 Å². The van der Waals surface area contributed by atoms with Gasteiger partial charge in [-0.15, -0.1) is 0 Å². The molecule has 31 heavy (non-hydrogen) atoms. The molecule has 0 N–H and O–H groups in total. The number of hydrogen-bond donors (Lipinski definition) is 0. The Balaban J connectivity index is 1.50. The maximum absolute atomic E-state index is 2.48. The molecule has 6 rings (SSSR count). The highest BCUT2D eigenvalue weighted by Crippen LogP contribution is 2.56. The van der Waals surface area contributed by atoms with Gasteiger partial charge in [-0.25, -0.2) is 0 Å². The molecule has 3 nitrogen and oxygen atoms in total. The van der Waals surface area contributed by atoms with E-state index in [2.05, 4.69) is 121 Å². The minimum Gasteiger partial charge on any atom is -0.341 e. The van der Waals surface area contributed by atoms with Crippen molar-refractivity contribution in [2.45, 2.75) is 26.2 Å². The minimum atomic E-state index is 0.159. The second kappa shape index (κ2) is 6.27. The molecule has 0 saturated carbocycles. The fourth-order valence-corrected chi connectivity index (χ4v) is 4.96. The zero-order valence-corrected chi connectivity index (χ0v) is 18.6. The largest absolute Gasteiger partial charge is 0.341 e. The molecule has 0 amide bonds. The molecule has 0 bridgehead atoms. The Morgan fingerprint density at radius 1 is 0.645 bits per heavy atom. The quantitative estimate of drug-likeness (QED) is 0.325. The van der Waals surface area contributed by atoms with Crippen LogP contribution in [0, 0.1) is 0 Å². The number of rotatable bonds is 1. The molecule has 154 valence electrons. The van der Waals surface area contributed by atoms with Crippen LogP contribution in [0.4, 0.5) is 34.1 Å². The molecular weight excluding hydrogens is 378 g/mol. The van der Waals surface area contributed by atoms with Crippen LogP contribution in [0.1, 0.15) is 26.3 Å². The first-order valence-corrected chi connectivity index (χ1v) is 11.0. The molecular formula is C28H27N3. The summed E-state index contributed by atoms with van der Waals surface area (Å²) < 4.78 is 0. The number of nitrogens with zero attached hydrogens (tertiary/aromatic N) is 3. The van der Waals surface area contributed by atoms with E-state index in [1.54, 1.807) is 0 Å². The van der Waals surface area contributed by atoms with Gasteiger partial charge in [-0.1, -0.05) is 63.2 Å². The Morgan fingerprint density at radius 3 is 1.97 bits per heavy atom. The van der Waals surface area contributed by atoms with Crippen molar-refractivity contribution < 1.29 is 0 Å². The smallest absolute Gasteiger partial charge is 0.100 e. The van der Waals surface area contributed by atoms with Crippen LogP contribution < -0.4 is 14.7 Å². The number of para-hydroxylation sites is 1. The normalized spacial score (nSPS) is 14.8. The lowest BCUT2D eigenvalue weighted by atomic mass is 9.87. The SMILES string of the molecule is CN1c2cc3ccccc3cc2N2CN(c3ccc(C(C)(C)C)cc3)c3cccc1c32. The molecule has 0 fully saturated rings. The summed E-state index contributed by atoms with van der Waals surface area (Å²) in [5.74, 6) is 0. The third kappa shape index (κ3) is 2.66. The molecule has 0 aliphatic carbocycles. The van der Waals surface area contributed by atoms with E-state index in [-0.39, 0.29) is 5.41 Å². The van der Waals surface area contributed by atoms with Crippen LogP contribution in [0.25, 0.3) is 10.8 Å². The van der Waals surface area contributed by atoms with E-state index in [1.165, 1.54) is 50.5 Å². The molecule has 0 aromatic heterocycles. The molecule has 2 aliphatic rings. The summed E-state index contributed by atoms with van der Waals surface area (Å²) in [4.78, 5) is 7.25. The zero-order valence-electron chi connectivity index (χ0n) is 18.6. The van der Waals surface area contributed by atoms with E-state index in [4.69, 9.17) is 0 Å². The van der Waals surface area contributed by atoms with Crippen LogP contribution in [0.2, 0.25) is 0 Å². The Labute approximate surface area is 184 Å². The predicted octanol–water partition coefficient (Wildman–Crippen LogP) is 7.47. The summed E-state index contributed by atoms with van der Waals surface area (Å²) in [6.45, 7) is 7.61. The fourth-order valence-electron chi connectivity index (χ4n) is 4.96. The number of benzene rings is 4. The topological polar surface area (TPSA) is 9.72 Å². The number of hydrogen-bond acceptors (Lipinski definition) is 3. The van der Waals surface area contributed by atoms with Crippen LogP contribution in [-0.4, -0.2) is 13.7 Å². The predicted molar refractivity (Wildman–Crippen MR) is 133 cm³/mol. The van der Waals surface area contributed by atoms with Crippen LogP contribution in [0.5, 0.6) is 0 Å². The van der Waals surface area contributed by atoms with Gasteiger partial charge in [-0.05, 0) is 58.1 Å². The highest BCUT2D eigenvalue weighted by atomic mass is 15.4. The Hall–Kier alpha value is -3.46. The van der Waals surface area contributed by atoms with Crippen molar-refractivity contribution >= 4 is 44.9 Å². The minimum absolute atomic E-state index is 0.159. The third-order valence-corrected chi connectivity index (χ3v) is 6.74. The molecule has 0 atom stereocenters. The second-order valence-corrected chi connectivity index (χ2v) is 9.69. The van der Waals surface area contributed by atoms with Gasteiger partial charge in [-0.3, -0.25) is 0 Å². The van der Waals surface area contributed by atoms with E-state index >= 15 is 0 Å². The Morgan fingerprint density at radius 2 is 1.29 bits per heavy atom. The molecule has 0 saturated heterocycles. The van der Waals surface area contributed by atoms with Gasteiger partial charge in [0.15, 0.2) is 0 Å². The van der Waals surface area contributed by atoms with E-state index in [1.807, 2.05) is 0 Å². The molecule has 0 radical (unpaired) electrons. The van der Waals surface area contributed by atoms with Crippen molar-refractivity contribution in [3.05, 3.63) is 84.4 Å². The molecule has 3 heteroatoms. The molecule has 0 unspecified atom stereocenters. The van der Waals surface area contributed by atoms with Crippen molar-refractivity contribution in [1.29, 1.82) is 0 Å². The van der Waals surface area contributed by atoms with Gasteiger partial charge in [0, 0.05) is 12.7 Å². The highest BCUT2D eigenvalue weighted by Gasteiger charge is 2.36. The maximum Gasteiger partial charge on any atom is 0.100 e. The van der Waals surface area contributed by atoms with Gasteiger partial charge in [0.2, 0.25) is 0 Å². The summed E-state index contributed by atoms with van der Waals surface area (Å²) in [7, 11) is 2.18. The van der Waals surface area contributed by atoms with Crippen molar-refractivity contribution in [2.75, 3.05) is 28.4 Å². The second-order valence-electron chi connectivity index (χ2n) is 9.69. The zero-order chi connectivity index (χ0) is 21.3. The van der Waals surface area contributed by atoms with Gasteiger partial charge >= 0.3 is 0 Å². The van der Waals surface area contributed by atoms with Crippen LogP contribution in [0.3, 0.4) is 0 Å². The lowest BCUT2D eigenvalue weighted by Crippen LogP contribution is -2.28. The van der Waals surface area contributed by atoms with E-state index in [0.717, 1.165) is 6.67 Å². The average Bonchev–Trinajstić information content (AvgIpc) is 3.16. The van der Waals surface area contributed by atoms with E-state index in [9.17, 15) is 0 Å². The van der Waals surface area contributed by atoms with Crippen molar-refractivity contribution in [1.82, 2.24) is 0 Å². The summed E-state index contributed by atoms with van der Waals surface area (Å²) in [5, 5.41) is 2.56. The lowest BCUT2D eigenvalue weighted by Gasteiger charge is -2.35. The summed E-state index contributed by atoms with van der Waals surface area (Å²) >= 11 is 0. The van der Waals surface area contributed by atoms with Crippen molar-refractivity contribution in [3.63, 3.8) is 0 Å². The first-order chi connectivity index (χ1) is 14.9. The summed E-state index contributed by atoms with van der Waals surface area (Å²) in [5.41, 5.74) is 9.12. The first-order valence-electron chi connectivity index (χ1n) is 11.0. The molecule has 4 aromatic carbocycles. The van der Waals surface area contributed by atoms with E-state index < -0.39 is 0 Å². The first kappa shape index (κ1) is 18.3. The fraction of sp³-hybridized carbons (Fsp3) is 0.214. The molecule has 0 spiro atoms.